The summed E-state index contributed by atoms with van der Waals surface area (Å²) in [6.07, 6.45) is 2.74. The summed E-state index contributed by atoms with van der Waals surface area (Å²) in [5.41, 5.74) is 2.37. The Balaban J connectivity index is 1.60. The van der Waals surface area contributed by atoms with E-state index in [0.717, 1.165) is 31.3 Å². The summed E-state index contributed by atoms with van der Waals surface area (Å²) >= 11 is 6.73. The number of aliphatic hydroxyl groups is 1. The first-order valence-corrected chi connectivity index (χ1v) is 14.1. The first-order chi connectivity index (χ1) is 19.2. The van der Waals surface area contributed by atoms with E-state index in [-0.39, 0.29) is 46.7 Å². The number of nitrogens with zero attached hydrogens (tertiary/aromatic N) is 5. The van der Waals surface area contributed by atoms with Gasteiger partial charge in [-0.05, 0) is 58.7 Å². The van der Waals surface area contributed by atoms with Crippen LogP contribution in [0.2, 0.25) is 5.02 Å². The number of fused-ring (bicyclic) bond motifs is 1. The van der Waals surface area contributed by atoms with Crippen LogP contribution in [0.3, 0.4) is 0 Å². The van der Waals surface area contributed by atoms with E-state index in [2.05, 4.69) is 30.8 Å². The van der Waals surface area contributed by atoms with Gasteiger partial charge < -0.3 is 19.7 Å². The molecule has 3 atom stereocenters. The van der Waals surface area contributed by atoms with Gasteiger partial charge in [0.25, 0.3) is 0 Å². The average molecular weight is 569 g/mol. The Morgan fingerprint density at radius 2 is 2.15 bits per heavy atom. The van der Waals surface area contributed by atoms with Crippen LogP contribution in [0.1, 0.15) is 50.4 Å². The van der Waals surface area contributed by atoms with Gasteiger partial charge in [-0.3, -0.25) is 9.69 Å². The molecule has 3 aromatic rings. The van der Waals surface area contributed by atoms with Crippen LogP contribution in [0.25, 0.3) is 22.2 Å². The molecule has 0 spiro atoms. The van der Waals surface area contributed by atoms with Crippen LogP contribution in [0.15, 0.2) is 23.1 Å². The van der Waals surface area contributed by atoms with Gasteiger partial charge in [0.05, 0.1) is 52.9 Å². The summed E-state index contributed by atoms with van der Waals surface area (Å²) in [5, 5.41) is 23.4. The molecule has 2 N–H and O–H groups in total. The third kappa shape index (κ3) is 5.56. The van der Waals surface area contributed by atoms with Gasteiger partial charge in [0.2, 0.25) is 5.95 Å². The van der Waals surface area contributed by atoms with Gasteiger partial charge in [0.1, 0.15) is 5.69 Å². The molecule has 11 heteroatoms. The van der Waals surface area contributed by atoms with Crippen LogP contribution in [0, 0.1) is 30.0 Å². The van der Waals surface area contributed by atoms with Crippen molar-refractivity contribution in [2.75, 3.05) is 31.6 Å². The van der Waals surface area contributed by atoms with Crippen molar-refractivity contribution < 1.29 is 14.2 Å². The van der Waals surface area contributed by atoms with Crippen LogP contribution in [0.5, 0.6) is 0 Å². The fourth-order valence-corrected chi connectivity index (χ4v) is 6.09. The summed E-state index contributed by atoms with van der Waals surface area (Å²) in [6, 6.07) is 5.36. The summed E-state index contributed by atoms with van der Waals surface area (Å²) in [4.78, 5) is 24.3. The van der Waals surface area contributed by atoms with E-state index in [1.54, 1.807) is 12.1 Å². The first kappa shape index (κ1) is 28.4. The number of rotatable bonds is 6. The fraction of sp³-hybridized carbons (Fsp3) is 0.517. The van der Waals surface area contributed by atoms with Gasteiger partial charge in [0, 0.05) is 42.6 Å². The van der Waals surface area contributed by atoms with Gasteiger partial charge in [-0.1, -0.05) is 11.6 Å². The van der Waals surface area contributed by atoms with Crippen LogP contribution < -0.4 is 10.7 Å². The number of aromatic nitrogens is 3. The summed E-state index contributed by atoms with van der Waals surface area (Å²) in [6.45, 7) is 8.62. The second-order valence-corrected chi connectivity index (χ2v) is 11.4. The maximum Gasteiger partial charge on any atom is 0.223 e. The summed E-state index contributed by atoms with van der Waals surface area (Å²) in [5.74, 6) is -0.475. The molecule has 0 amide bonds. The molecule has 4 heterocycles. The number of hydrogen-bond acceptors (Lipinski definition) is 8. The van der Waals surface area contributed by atoms with E-state index in [1.807, 2.05) is 20.8 Å². The van der Waals surface area contributed by atoms with Gasteiger partial charge >= 0.3 is 0 Å². The number of nitrogens with one attached hydrogen (secondary N) is 1. The van der Waals surface area contributed by atoms with Gasteiger partial charge in [-0.2, -0.15) is 5.26 Å². The molecule has 2 aliphatic rings. The van der Waals surface area contributed by atoms with E-state index >= 15 is 4.39 Å². The fourth-order valence-electron chi connectivity index (χ4n) is 5.79. The lowest BCUT2D eigenvalue weighted by molar-refractivity contribution is -0.0136. The van der Waals surface area contributed by atoms with Crippen LogP contribution in [0.4, 0.5) is 10.3 Å². The van der Waals surface area contributed by atoms with E-state index in [4.69, 9.17) is 16.3 Å². The highest BCUT2D eigenvalue weighted by molar-refractivity contribution is 6.35. The van der Waals surface area contributed by atoms with E-state index in [0.29, 0.717) is 48.1 Å². The lowest BCUT2D eigenvalue weighted by Crippen LogP contribution is -2.42. The van der Waals surface area contributed by atoms with Crippen molar-refractivity contribution in [2.45, 2.75) is 64.8 Å². The highest BCUT2D eigenvalue weighted by Gasteiger charge is 2.26. The van der Waals surface area contributed by atoms with Crippen molar-refractivity contribution in [3.05, 3.63) is 50.7 Å². The minimum Gasteiger partial charge on any atom is -0.389 e. The topological polar surface area (TPSA) is 116 Å². The standard InChI is InChI=1S/C29H34ClFN6O3/c1-16(2)37-23-10-19(27-21(31)12-33-29(35-27)34-22-6-8-40-15-25(22)38)9-20(30)26(23)28(39)17(3)24(37)14-36-7-4-5-18(11-32)13-36/h9-10,12,16,18,22,25,38H,4-8,13-15H2,1-3H3,(H,33,34,35)/t18-,22-,25-/m1/s1. The summed E-state index contributed by atoms with van der Waals surface area (Å²) < 4.78 is 22.5. The van der Waals surface area contributed by atoms with Crippen molar-refractivity contribution >= 4 is 28.5 Å². The lowest BCUT2D eigenvalue weighted by atomic mass is 9.98. The molecular weight excluding hydrogens is 535 g/mol. The number of aliphatic hydroxyl groups excluding tert-OH is 1. The third-order valence-corrected chi connectivity index (χ3v) is 8.15. The smallest absolute Gasteiger partial charge is 0.223 e. The number of benzene rings is 1. The van der Waals surface area contributed by atoms with Gasteiger partial charge in [-0.15, -0.1) is 0 Å². The maximum absolute atomic E-state index is 15.1. The minimum absolute atomic E-state index is 0.0258. The minimum atomic E-state index is -0.730. The Bertz CT molecular complexity index is 1520. The van der Waals surface area contributed by atoms with Gasteiger partial charge in [-0.25, -0.2) is 14.4 Å². The molecule has 2 saturated heterocycles. The SMILES string of the molecule is Cc1c(CN2CCC[C@H](C#N)C2)n(C(C)C)c2cc(-c3nc(N[C@@H]4CCOC[C@H]4O)ncc3F)cc(Cl)c2c1=O. The average Bonchev–Trinajstić information content (AvgIpc) is 2.93. The zero-order chi connectivity index (χ0) is 28.6. The van der Waals surface area contributed by atoms with Crippen LogP contribution in [-0.4, -0.2) is 63.0 Å². The molecule has 9 nitrogen and oxygen atoms in total. The highest BCUT2D eigenvalue weighted by Crippen LogP contribution is 2.33. The number of halogens is 2. The van der Waals surface area contributed by atoms with Crippen LogP contribution >= 0.6 is 11.6 Å². The number of piperidine rings is 1. The molecule has 0 radical (unpaired) electrons. The number of pyridine rings is 1. The Morgan fingerprint density at radius 1 is 1.35 bits per heavy atom. The molecular formula is C29H34ClFN6O3. The predicted molar refractivity (Wildman–Crippen MR) is 152 cm³/mol. The normalized spacial score (nSPS) is 22.0. The van der Waals surface area contributed by atoms with Crippen molar-refractivity contribution in [3.8, 4) is 17.3 Å². The van der Waals surface area contributed by atoms with Crippen molar-refractivity contribution in [3.63, 3.8) is 0 Å². The van der Waals surface area contributed by atoms with Crippen molar-refractivity contribution in [2.24, 2.45) is 5.92 Å². The van der Waals surface area contributed by atoms with Crippen molar-refractivity contribution in [1.29, 1.82) is 5.26 Å². The monoisotopic (exact) mass is 568 g/mol. The maximum atomic E-state index is 15.1. The van der Waals surface area contributed by atoms with E-state index in [9.17, 15) is 15.2 Å². The molecule has 0 unspecified atom stereocenters. The van der Waals surface area contributed by atoms with Crippen molar-refractivity contribution in [1.82, 2.24) is 19.4 Å². The molecule has 1 aromatic carbocycles. The molecule has 2 aromatic heterocycles. The molecule has 0 aliphatic carbocycles. The molecule has 0 bridgehead atoms. The van der Waals surface area contributed by atoms with E-state index < -0.39 is 11.9 Å². The molecule has 5 rings (SSSR count). The second kappa shape index (κ2) is 11.8. The Hall–Kier alpha value is -3.10. The quantitative estimate of drug-likeness (QED) is 0.448. The number of hydrogen-bond donors (Lipinski definition) is 2. The number of likely N-dealkylation sites (tertiary alicyclic amines) is 1. The van der Waals surface area contributed by atoms with Crippen LogP contribution in [-0.2, 0) is 11.3 Å². The number of anilines is 1. The van der Waals surface area contributed by atoms with Gasteiger partial charge in [0.15, 0.2) is 11.2 Å². The molecule has 212 valence electrons. The number of nitriles is 1. The molecule has 40 heavy (non-hydrogen) atoms. The zero-order valence-electron chi connectivity index (χ0n) is 23.0. The molecule has 2 fully saturated rings. The Kier molecular flexibility index (Phi) is 8.38. The molecule has 0 saturated carbocycles. The Labute approximate surface area is 237 Å². The third-order valence-electron chi connectivity index (χ3n) is 7.86. The Morgan fingerprint density at radius 3 is 2.88 bits per heavy atom. The van der Waals surface area contributed by atoms with E-state index in [1.165, 1.54) is 0 Å². The first-order valence-electron chi connectivity index (χ1n) is 13.7. The lowest BCUT2D eigenvalue weighted by Gasteiger charge is -2.32. The highest BCUT2D eigenvalue weighted by atomic mass is 35.5. The largest absolute Gasteiger partial charge is 0.389 e. The summed E-state index contributed by atoms with van der Waals surface area (Å²) in [7, 11) is 0. The zero-order valence-corrected chi connectivity index (χ0v) is 23.7. The second-order valence-electron chi connectivity index (χ2n) is 11.0. The number of ether oxygens (including phenoxy) is 1. The molecule has 2 aliphatic heterocycles. The predicted octanol–water partition coefficient (Wildman–Crippen LogP) is 4.44.